The molecular formula is C23H28O6. The summed E-state index contributed by atoms with van der Waals surface area (Å²) in [4.78, 5) is 11.5. The maximum atomic E-state index is 11.5. The predicted molar refractivity (Wildman–Crippen MR) is 108 cm³/mol. The Morgan fingerprint density at radius 1 is 1.10 bits per heavy atom. The summed E-state index contributed by atoms with van der Waals surface area (Å²) in [5.41, 5.74) is 2.07. The van der Waals surface area contributed by atoms with Gasteiger partial charge in [0.05, 0.1) is 31.5 Å². The zero-order valence-electron chi connectivity index (χ0n) is 17.6. The Kier molecular flexibility index (Phi) is 6.45. The van der Waals surface area contributed by atoms with Crippen molar-refractivity contribution in [1.82, 2.24) is 0 Å². The number of carbonyl (C=O) groups is 1. The predicted octanol–water partition coefficient (Wildman–Crippen LogP) is 4.66. The Balaban J connectivity index is 1.70. The molecule has 2 aromatic rings. The molecule has 0 N–H and O–H groups in total. The van der Waals surface area contributed by atoms with Crippen LogP contribution in [0, 0.1) is 0 Å². The van der Waals surface area contributed by atoms with Crippen molar-refractivity contribution in [2.75, 3.05) is 14.2 Å². The fraction of sp³-hybridized carbons (Fsp3) is 0.435. The summed E-state index contributed by atoms with van der Waals surface area (Å²) in [5.74, 6) is 0.868. The monoisotopic (exact) mass is 400 g/mol. The lowest BCUT2D eigenvalue weighted by Gasteiger charge is -2.39. The first-order valence-corrected chi connectivity index (χ1v) is 9.62. The van der Waals surface area contributed by atoms with E-state index in [0.29, 0.717) is 23.7 Å². The molecule has 1 heterocycles. The van der Waals surface area contributed by atoms with Crippen LogP contribution in [0.4, 0.5) is 0 Å². The number of carbonyl (C=O) groups excluding carboxylic acids is 1. The van der Waals surface area contributed by atoms with Crippen LogP contribution in [-0.4, -0.2) is 31.9 Å². The van der Waals surface area contributed by atoms with E-state index in [4.69, 9.17) is 23.7 Å². The van der Waals surface area contributed by atoms with Gasteiger partial charge in [0.2, 0.25) is 0 Å². The van der Waals surface area contributed by atoms with Gasteiger partial charge in [0, 0.05) is 12.0 Å². The Labute approximate surface area is 171 Å². The van der Waals surface area contributed by atoms with E-state index in [-0.39, 0.29) is 17.7 Å². The van der Waals surface area contributed by atoms with E-state index in [1.54, 1.807) is 19.2 Å². The van der Waals surface area contributed by atoms with Gasteiger partial charge in [0.1, 0.15) is 6.61 Å². The zero-order chi connectivity index (χ0) is 21.0. The summed E-state index contributed by atoms with van der Waals surface area (Å²) >= 11 is 0. The van der Waals surface area contributed by atoms with Crippen molar-refractivity contribution in [1.29, 1.82) is 0 Å². The largest absolute Gasteiger partial charge is 0.493 e. The van der Waals surface area contributed by atoms with Crippen LogP contribution in [0.15, 0.2) is 42.5 Å². The van der Waals surface area contributed by atoms with Gasteiger partial charge in [0.25, 0.3) is 0 Å². The topological polar surface area (TPSA) is 63.2 Å². The fourth-order valence-electron chi connectivity index (χ4n) is 3.43. The third-order valence-electron chi connectivity index (χ3n) is 4.79. The third-order valence-corrected chi connectivity index (χ3v) is 4.79. The number of methoxy groups -OCH3 is 2. The average molecular weight is 400 g/mol. The zero-order valence-corrected chi connectivity index (χ0v) is 17.6. The molecule has 0 spiro atoms. The summed E-state index contributed by atoms with van der Waals surface area (Å²) in [7, 11) is 2.96. The van der Waals surface area contributed by atoms with E-state index in [1.807, 2.05) is 30.3 Å². The molecule has 156 valence electrons. The van der Waals surface area contributed by atoms with Gasteiger partial charge in [-0.2, -0.15) is 0 Å². The highest BCUT2D eigenvalue weighted by molar-refractivity contribution is 5.89. The molecule has 1 aliphatic rings. The molecule has 0 amide bonds. The van der Waals surface area contributed by atoms with Crippen molar-refractivity contribution >= 4 is 5.97 Å². The van der Waals surface area contributed by atoms with Crippen LogP contribution in [-0.2, 0) is 20.8 Å². The minimum absolute atomic E-state index is 0.110. The first-order valence-electron chi connectivity index (χ1n) is 9.62. The van der Waals surface area contributed by atoms with Gasteiger partial charge in [-0.25, -0.2) is 4.79 Å². The minimum atomic E-state index is -0.442. The summed E-state index contributed by atoms with van der Waals surface area (Å²) in [6, 6.07) is 12.8. The van der Waals surface area contributed by atoms with Gasteiger partial charge in [0.15, 0.2) is 17.8 Å². The molecule has 0 aliphatic carbocycles. The molecule has 2 atom stereocenters. The third kappa shape index (κ3) is 5.28. The van der Waals surface area contributed by atoms with Crippen LogP contribution in [0.2, 0.25) is 0 Å². The SMILES string of the molecule is COC(=O)c1ccc(COc2ccc([C@@H]3O[C@H](C)CC(C)(C)O3)cc2OC)cc1. The van der Waals surface area contributed by atoms with Crippen LogP contribution in [0.5, 0.6) is 11.5 Å². The highest BCUT2D eigenvalue weighted by Gasteiger charge is 2.34. The van der Waals surface area contributed by atoms with Crippen molar-refractivity contribution < 1.29 is 28.5 Å². The smallest absolute Gasteiger partial charge is 0.337 e. The maximum Gasteiger partial charge on any atom is 0.337 e. The lowest BCUT2D eigenvalue weighted by molar-refractivity contribution is -0.273. The van der Waals surface area contributed by atoms with Crippen LogP contribution < -0.4 is 9.47 Å². The maximum absolute atomic E-state index is 11.5. The summed E-state index contributed by atoms with van der Waals surface area (Å²) in [6.07, 6.45) is 0.512. The van der Waals surface area contributed by atoms with Gasteiger partial charge >= 0.3 is 5.97 Å². The standard InChI is InChI=1S/C23H28O6/c1-15-13-23(2,3)29-22(28-15)18-10-11-19(20(12-18)25-4)27-14-16-6-8-17(9-7-16)21(24)26-5/h6-12,15,22H,13-14H2,1-5H3/t15-,22-/m1/s1. The lowest BCUT2D eigenvalue weighted by atomic mass is 9.99. The fourth-order valence-corrected chi connectivity index (χ4v) is 3.43. The van der Waals surface area contributed by atoms with E-state index in [0.717, 1.165) is 17.5 Å². The van der Waals surface area contributed by atoms with Gasteiger partial charge in [-0.15, -0.1) is 0 Å². The van der Waals surface area contributed by atoms with Crippen molar-refractivity contribution in [3.05, 3.63) is 59.2 Å². The summed E-state index contributed by atoms with van der Waals surface area (Å²) in [5, 5.41) is 0. The Morgan fingerprint density at radius 2 is 1.83 bits per heavy atom. The number of esters is 1. The quantitative estimate of drug-likeness (QED) is 0.657. The molecule has 1 aliphatic heterocycles. The molecule has 0 radical (unpaired) electrons. The van der Waals surface area contributed by atoms with Crippen LogP contribution in [0.3, 0.4) is 0 Å². The Hall–Kier alpha value is -2.57. The molecule has 0 saturated carbocycles. The molecule has 6 heteroatoms. The number of hydrogen-bond donors (Lipinski definition) is 0. The molecule has 1 fully saturated rings. The molecule has 3 rings (SSSR count). The van der Waals surface area contributed by atoms with E-state index in [9.17, 15) is 4.79 Å². The van der Waals surface area contributed by atoms with E-state index >= 15 is 0 Å². The van der Waals surface area contributed by atoms with Gasteiger partial charge in [-0.05, 0) is 50.6 Å². The second-order valence-electron chi connectivity index (χ2n) is 7.75. The molecule has 1 saturated heterocycles. The molecule has 0 unspecified atom stereocenters. The number of benzene rings is 2. The molecule has 0 bridgehead atoms. The highest BCUT2D eigenvalue weighted by atomic mass is 16.7. The average Bonchev–Trinajstić information content (AvgIpc) is 2.70. The second-order valence-corrected chi connectivity index (χ2v) is 7.75. The van der Waals surface area contributed by atoms with Crippen molar-refractivity contribution in [3.63, 3.8) is 0 Å². The van der Waals surface area contributed by atoms with E-state index < -0.39 is 6.29 Å². The van der Waals surface area contributed by atoms with Gasteiger partial charge < -0.3 is 23.7 Å². The van der Waals surface area contributed by atoms with Crippen molar-refractivity contribution in [2.24, 2.45) is 0 Å². The van der Waals surface area contributed by atoms with Crippen molar-refractivity contribution in [3.8, 4) is 11.5 Å². The Bertz CT molecular complexity index is 843. The minimum Gasteiger partial charge on any atom is -0.493 e. The first kappa shape index (κ1) is 21.1. The molecule has 6 nitrogen and oxygen atoms in total. The van der Waals surface area contributed by atoms with Crippen molar-refractivity contribution in [2.45, 2.75) is 51.8 Å². The second kappa shape index (κ2) is 8.84. The summed E-state index contributed by atoms with van der Waals surface area (Å²) in [6.45, 7) is 6.54. The number of ether oxygens (including phenoxy) is 5. The van der Waals surface area contributed by atoms with Crippen LogP contribution >= 0.6 is 0 Å². The normalized spacial score (nSPS) is 20.7. The van der Waals surface area contributed by atoms with Crippen LogP contribution in [0.25, 0.3) is 0 Å². The molecule has 29 heavy (non-hydrogen) atoms. The first-order chi connectivity index (χ1) is 13.8. The van der Waals surface area contributed by atoms with Gasteiger partial charge in [-0.3, -0.25) is 0 Å². The lowest BCUT2D eigenvalue weighted by Crippen LogP contribution is -2.38. The Morgan fingerprint density at radius 3 is 2.45 bits per heavy atom. The molecular weight excluding hydrogens is 372 g/mol. The molecule has 2 aromatic carbocycles. The number of hydrogen-bond acceptors (Lipinski definition) is 6. The van der Waals surface area contributed by atoms with E-state index in [2.05, 4.69) is 20.8 Å². The van der Waals surface area contributed by atoms with Crippen LogP contribution in [0.1, 0.15) is 55.0 Å². The highest BCUT2D eigenvalue weighted by Crippen LogP contribution is 2.38. The molecule has 0 aromatic heterocycles. The van der Waals surface area contributed by atoms with Gasteiger partial charge in [-0.1, -0.05) is 18.2 Å². The van der Waals surface area contributed by atoms with E-state index in [1.165, 1.54) is 7.11 Å². The summed E-state index contributed by atoms with van der Waals surface area (Å²) < 4.78 is 28.2. The number of rotatable bonds is 6.